The molecule has 0 aliphatic rings. The van der Waals surface area contributed by atoms with Crippen molar-refractivity contribution >= 4 is 5.97 Å². The van der Waals surface area contributed by atoms with E-state index in [2.05, 4.69) is 10.1 Å². The third-order valence-electron chi connectivity index (χ3n) is 4.24. The van der Waals surface area contributed by atoms with E-state index in [9.17, 15) is 20.1 Å². The SMILES string of the molecule is COC(=O)c1ccc(CC(C)NCC(O)c2ccc(O)c(CO)c2)cc1. The van der Waals surface area contributed by atoms with E-state index in [1.807, 2.05) is 19.1 Å². The van der Waals surface area contributed by atoms with E-state index >= 15 is 0 Å². The fraction of sp³-hybridized carbons (Fsp3) is 0.350. The lowest BCUT2D eigenvalue weighted by Crippen LogP contribution is -2.32. The number of carbonyl (C=O) groups is 1. The predicted octanol–water partition coefficient (Wildman–Crippen LogP) is 1.93. The van der Waals surface area contributed by atoms with Crippen LogP contribution < -0.4 is 5.32 Å². The average Bonchev–Trinajstić information content (AvgIpc) is 2.66. The lowest BCUT2D eigenvalue weighted by atomic mass is 10.0. The number of nitrogens with one attached hydrogen (secondary N) is 1. The van der Waals surface area contributed by atoms with Crippen LogP contribution in [0.25, 0.3) is 0 Å². The molecule has 0 bridgehead atoms. The smallest absolute Gasteiger partial charge is 0.337 e. The molecule has 0 heterocycles. The Morgan fingerprint density at radius 2 is 1.88 bits per heavy atom. The summed E-state index contributed by atoms with van der Waals surface area (Å²) in [6, 6.07) is 12.0. The molecule has 2 rings (SSSR count). The Balaban J connectivity index is 1.88. The van der Waals surface area contributed by atoms with E-state index in [1.54, 1.807) is 24.3 Å². The number of hydrogen-bond donors (Lipinski definition) is 4. The van der Waals surface area contributed by atoms with Crippen LogP contribution in [-0.2, 0) is 17.8 Å². The summed E-state index contributed by atoms with van der Waals surface area (Å²) in [6.45, 7) is 2.08. The Morgan fingerprint density at radius 3 is 2.50 bits per heavy atom. The summed E-state index contributed by atoms with van der Waals surface area (Å²) < 4.78 is 4.68. The van der Waals surface area contributed by atoms with E-state index in [0.717, 1.165) is 12.0 Å². The van der Waals surface area contributed by atoms with Gasteiger partial charge in [0.05, 0.1) is 25.4 Å². The maximum atomic E-state index is 11.4. The van der Waals surface area contributed by atoms with Crippen molar-refractivity contribution in [2.24, 2.45) is 0 Å². The van der Waals surface area contributed by atoms with Gasteiger partial charge in [-0.15, -0.1) is 0 Å². The van der Waals surface area contributed by atoms with Gasteiger partial charge in [-0.3, -0.25) is 0 Å². The minimum atomic E-state index is -0.745. The number of benzene rings is 2. The molecule has 0 spiro atoms. The van der Waals surface area contributed by atoms with Gasteiger partial charge in [0.15, 0.2) is 0 Å². The van der Waals surface area contributed by atoms with Gasteiger partial charge in [-0.05, 0) is 48.7 Å². The largest absolute Gasteiger partial charge is 0.508 e. The number of esters is 1. The molecule has 2 unspecified atom stereocenters. The van der Waals surface area contributed by atoms with E-state index in [4.69, 9.17) is 0 Å². The van der Waals surface area contributed by atoms with Crippen molar-refractivity contribution in [3.63, 3.8) is 0 Å². The third kappa shape index (κ3) is 5.29. The second kappa shape index (κ2) is 9.33. The van der Waals surface area contributed by atoms with Crippen molar-refractivity contribution in [1.82, 2.24) is 5.32 Å². The molecule has 2 atom stereocenters. The Kier molecular flexibility index (Phi) is 7.15. The number of hydrogen-bond acceptors (Lipinski definition) is 6. The highest BCUT2D eigenvalue weighted by Crippen LogP contribution is 2.22. The number of methoxy groups -OCH3 is 1. The number of ether oxygens (including phenoxy) is 1. The quantitative estimate of drug-likeness (QED) is 0.538. The number of rotatable bonds is 8. The Hall–Kier alpha value is -2.41. The molecule has 2 aromatic carbocycles. The summed E-state index contributed by atoms with van der Waals surface area (Å²) in [6.07, 6.45) is -0.00362. The number of aromatic hydroxyl groups is 1. The highest BCUT2D eigenvalue weighted by Gasteiger charge is 2.12. The first kappa shape index (κ1) is 19.9. The summed E-state index contributed by atoms with van der Waals surface area (Å²) in [4.78, 5) is 11.4. The minimum absolute atomic E-state index is 0.0141. The van der Waals surface area contributed by atoms with E-state index in [1.165, 1.54) is 13.2 Å². The van der Waals surface area contributed by atoms with Gasteiger partial charge in [-0.2, -0.15) is 0 Å². The van der Waals surface area contributed by atoms with Gasteiger partial charge in [-0.1, -0.05) is 18.2 Å². The summed E-state index contributed by atoms with van der Waals surface area (Å²) in [5, 5.41) is 32.3. The highest BCUT2D eigenvalue weighted by atomic mass is 16.5. The molecular weight excluding hydrogens is 334 g/mol. The molecule has 6 nitrogen and oxygen atoms in total. The van der Waals surface area contributed by atoms with Crippen LogP contribution in [0.1, 0.15) is 40.1 Å². The fourth-order valence-corrected chi connectivity index (χ4v) is 2.69. The van der Waals surface area contributed by atoms with Crippen LogP contribution in [0.15, 0.2) is 42.5 Å². The van der Waals surface area contributed by atoms with Crippen LogP contribution in [0.4, 0.5) is 0 Å². The molecule has 0 fully saturated rings. The fourth-order valence-electron chi connectivity index (χ4n) is 2.69. The van der Waals surface area contributed by atoms with Gasteiger partial charge in [-0.25, -0.2) is 4.79 Å². The van der Waals surface area contributed by atoms with Crippen LogP contribution >= 0.6 is 0 Å². The molecule has 26 heavy (non-hydrogen) atoms. The first-order valence-corrected chi connectivity index (χ1v) is 8.46. The zero-order valence-corrected chi connectivity index (χ0v) is 15.0. The van der Waals surface area contributed by atoms with Crippen LogP contribution in [0, 0.1) is 0 Å². The molecule has 0 amide bonds. The zero-order valence-electron chi connectivity index (χ0n) is 15.0. The average molecular weight is 359 g/mol. The van der Waals surface area contributed by atoms with Crippen molar-refractivity contribution < 1.29 is 24.9 Å². The van der Waals surface area contributed by atoms with Crippen LogP contribution in [0.3, 0.4) is 0 Å². The maximum absolute atomic E-state index is 11.4. The lowest BCUT2D eigenvalue weighted by molar-refractivity contribution is 0.0600. The van der Waals surface area contributed by atoms with Gasteiger partial charge < -0.3 is 25.4 Å². The van der Waals surface area contributed by atoms with Crippen LogP contribution in [-0.4, -0.2) is 41.0 Å². The maximum Gasteiger partial charge on any atom is 0.337 e. The van der Waals surface area contributed by atoms with E-state index in [0.29, 0.717) is 23.2 Å². The van der Waals surface area contributed by atoms with Crippen LogP contribution in [0.2, 0.25) is 0 Å². The monoisotopic (exact) mass is 359 g/mol. The number of phenols is 1. The summed E-state index contributed by atoms with van der Waals surface area (Å²) in [7, 11) is 1.35. The topological polar surface area (TPSA) is 99.0 Å². The molecule has 0 aromatic heterocycles. The molecule has 0 radical (unpaired) electrons. The third-order valence-corrected chi connectivity index (χ3v) is 4.24. The minimum Gasteiger partial charge on any atom is -0.508 e. The Morgan fingerprint density at radius 1 is 1.19 bits per heavy atom. The van der Waals surface area contributed by atoms with Gasteiger partial charge in [0, 0.05) is 18.2 Å². The summed E-state index contributed by atoms with van der Waals surface area (Å²) >= 11 is 0. The highest BCUT2D eigenvalue weighted by molar-refractivity contribution is 5.89. The van der Waals surface area contributed by atoms with E-state index in [-0.39, 0.29) is 24.4 Å². The number of carbonyl (C=O) groups excluding carboxylic acids is 1. The van der Waals surface area contributed by atoms with Crippen molar-refractivity contribution in [3.05, 3.63) is 64.7 Å². The molecule has 0 aliphatic heterocycles. The molecule has 140 valence electrons. The van der Waals surface area contributed by atoms with E-state index < -0.39 is 6.10 Å². The standard InChI is InChI=1S/C20H25NO5/c1-13(9-14-3-5-15(6-4-14)20(25)26-2)21-11-19(24)16-7-8-18(23)17(10-16)12-22/h3-8,10,13,19,21-24H,9,11-12H2,1-2H3. The van der Waals surface area contributed by atoms with Gasteiger partial charge in [0.25, 0.3) is 0 Å². The Labute approximate surface area is 153 Å². The molecule has 0 aliphatic carbocycles. The zero-order chi connectivity index (χ0) is 19.1. The van der Waals surface area contributed by atoms with Crippen molar-refractivity contribution in [2.75, 3.05) is 13.7 Å². The summed E-state index contributed by atoms with van der Waals surface area (Å²) in [5.41, 5.74) is 2.60. The molecule has 2 aromatic rings. The predicted molar refractivity (Wildman–Crippen MR) is 97.9 cm³/mol. The molecule has 6 heteroatoms. The van der Waals surface area contributed by atoms with Crippen molar-refractivity contribution in [2.45, 2.75) is 32.1 Å². The van der Waals surface area contributed by atoms with Gasteiger partial charge in [0.2, 0.25) is 0 Å². The second-order valence-electron chi connectivity index (χ2n) is 6.26. The first-order chi connectivity index (χ1) is 12.4. The molecule has 0 saturated carbocycles. The lowest BCUT2D eigenvalue weighted by Gasteiger charge is -2.18. The second-order valence-corrected chi connectivity index (χ2v) is 6.26. The number of aliphatic hydroxyl groups is 2. The first-order valence-electron chi connectivity index (χ1n) is 8.46. The molecule has 0 saturated heterocycles. The van der Waals surface area contributed by atoms with Crippen LogP contribution in [0.5, 0.6) is 5.75 Å². The molecular formula is C20H25NO5. The Bertz CT molecular complexity index is 729. The number of aliphatic hydroxyl groups excluding tert-OH is 2. The van der Waals surface area contributed by atoms with Gasteiger partial charge in [0.1, 0.15) is 5.75 Å². The van der Waals surface area contributed by atoms with Crippen molar-refractivity contribution in [1.29, 1.82) is 0 Å². The summed E-state index contributed by atoms with van der Waals surface area (Å²) in [5.74, 6) is -0.345. The van der Waals surface area contributed by atoms with Gasteiger partial charge >= 0.3 is 5.97 Å². The molecule has 4 N–H and O–H groups in total. The van der Waals surface area contributed by atoms with Crippen molar-refractivity contribution in [3.8, 4) is 5.75 Å². The normalized spacial score (nSPS) is 13.2.